The summed E-state index contributed by atoms with van der Waals surface area (Å²) < 4.78 is 0. The maximum atomic E-state index is 11.0. The van der Waals surface area contributed by atoms with E-state index in [0.29, 0.717) is 12.3 Å². The van der Waals surface area contributed by atoms with E-state index in [-0.39, 0.29) is 16.0 Å². The number of aryl methyl sites for hydroxylation is 1. The van der Waals surface area contributed by atoms with Crippen molar-refractivity contribution in [2.45, 2.75) is 45.4 Å². The second kappa shape index (κ2) is 6.04. The van der Waals surface area contributed by atoms with Gasteiger partial charge in [0.2, 0.25) is 0 Å². The monoisotopic (exact) mass is 272 g/mol. The molecule has 0 saturated heterocycles. The first-order valence-corrected chi connectivity index (χ1v) is 7.24. The molecule has 1 aliphatic carbocycles. The van der Waals surface area contributed by atoms with E-state index in [1.54, 1.807) is 12.1 Å². The van der Waals surface area contributed by atoms with Gasteiger partial charge in [-0.1, -0.05) is 31.5 Å². The Hall–Kier alpha value is -1.89. The van der Waals surface area contributed by atoms with Crippen LogP contribution in [0.15, 0.2) is 24.3 Å². The summed E-state index contributed by atoms with van der Waals surface area (Å²) >= 11 is 0. The highest BCUT2D eigenvalue weighted by molar-refractivity contribution is 5.40. The summed E-state index contributed by atoms with van der Waals surface area (Å²) in [6.45, 7) is 2.17. The SMILES string of the molecule is CCC1CCC(C#N)(CCc2ccccc2[N+](=O)[O-])C1. The average Bonchev–Trinajstić information content (AvgIpc) is 2.90. The van der Waals surface area contributed by atoms with Gasteiger partial charge in [0.1, 0.15) is 0 Å². The maximum absolute atomic E-state index is 11.0. The minimum atomic E-state index is -0.335. The van der Waals surface area contributed by atoms with Crippen LogP contribution in [0.1, 0.15) is 44.6 Å². The van der Waals surface area contributed by atoms with Gasteiger partial charge in [-0.2, -0.15) is 5.26 Å². The standard InChI is InChI=1S/C16H20N2O2/c1-2-13-7-9-16(11-13,12-17)10-8-14-5-3-4-6-15(14)18(19)20/h3-6,13H,2,7-11H2,1H3. The van der Waals surface area contributed by atoms with Crippen LogP contribution in [-0.4, -0.2) is 4.92 Å². The van der Waals surface area contributed by atoms with Crippen LogP contribution in [0.5, 0.6) is 0 Å². The summed E-state index contributed by atoms with van der Waals surface area (Å²) in [6.07, 6.45) is 5.45. The van der Waals surface area contributed by atoms with E-state index in [9.17, 15) is 15.4 Å². The molecule has 0 aromatic heterocycles. The quantitative estimate of drug-likeness (QED) is 0.594. The Balaban J connectivity index is 2.09. The topological polar surface area (TPSA) is 66.9 Å². The number of nitrogens with zero attached hydrogens (tertiary/aromatic N) is 2. The smallest absolute Gasteiger partial charge is 0.258 e. The summed E-state index contributed by atoms with van der Waals surface area (Å²) in [7, 11) is 0. The summed E-state index contributed by atoms with van der Waals surface area (Å²) in [5, 5.41) is 20.5. The van der Waals surface area contributed by atoms with Gasteiger partial charge in [-0.25, -0.2) is 0 Å². The largest absolute Gasteiger partial charge is 0.272 e. The second-order valence-corrected chi connectivity index (χ2v) is 5.80. The van der Waals surface area contributed by atoms with Gasteiger partial charge >= 0.3 is 0 Å². The molecule has 0 radical (unpaired) electrons. The van der Waals surface area contributed by atoms with Crippen LogP contribution in [0.2, 0.25) is 0 Å². The van der Waals surface area contributed by atoms with Crippen LogP contribution < -0.4 is 0 Å². The van der Waals surface area contributed by atoms with Gasteiger partial charge in [0.15, 0.2) is 0 Å². The third-order valence-corrected chi connectivity index (χ3v) is 4.59. The third kappa shape index (κ3) is 2.98. The Labute approximate surface area is 119 Å². The summed E-state index contributed by atoms with van der Waals surface area (Å²) in [4.78, 5) is 10.7. The molecule has 2 rings (SSSR count). The zero-order chi connectivity index (χ0) is 14.6. The van der Waals surface area contributed by atoms with E-state index in [2.05, 4.69) is 13.0 Å². The van der Waals surface area contributed by atoms with E-state index in [4.69, 9.17) is 0 Å². The first-order valence-electron chi connectivity index (χ1n) is 7.24. The van der Waals surface area contributed by atoms with Crippen LogP contribution in [0.3, 0.4) is 0 Å². The zero-order valence-corrected chi connectivity index (χ0v) is 11.8. The molecule has 4 nitrogen and oxygen atoms in total. The predicted molar refractivity (Wildman–Crippen MR) is 77.1 cm³/mol. The molecule has 0 spiro atoms. The van der Waals surface area contributed by atoms with E-state index < -0.39 is 0 Å². The Morgan fingerprint density at radius 3 is 2.85 bits per heavy atom. The minimum absolute atomic E-state index is 0.172. The lowest BCUT2D eigenvalue weighted by molar-refractivity contribution is -0.385. The molecule has 0 heterocycles. The molecular formula is C16H20N2O2. The molecule has 1 saturated carbocycles. The molecule has 106 valence electrons. The number of rotatable bonds is 5. The molecule has 1 aromatic carbocycles. The number of hydrogen-bond donors (Lipinski definition) is 0. The first-order chi connectivity index (χ1) is 9.60. The number of nitriles is 1. The second-order valence-electron chi connectivity index (χ2n) is 5.80. The molecule has 1 fully saturated rings. The normalized spacial score (nSPS) is 25.3. The lowest BCUT2D eigenvalue weighted by Crippen LogP contribution is -2.16. The van der Waals surface area contributed by atoms with Gasteiger partial charge < -0.3 is 0 Å². The Kier molecular flexibility index (Phi) is 4.39. The molecular weight excluding hydrogens is 252 g/mol. The molecule has 1 aromatic rings. The van der Waals surface area contributed by atoms with E-state index >= 15 is 0 Å². The molecule has 0 amide bonds. The number of para-hydroxylation sites is 1. The van der Waals surface area contributed by atoms with Crippen molar-refractivity contribution in [2.24, 2.45) is 11.3 Å². The number of nitro benzene ring substituents is 1. The van der Waals surface area contributed by atoms with Crippen molar-refractivity contribution in [1.29, 1.82) is 5.26 Å². The van der Waals surface area contributed by atoms with Crippen molar-refractivity contribution in [2.75, 3.05) is 0 Å². The number of hydrogen-bond acceptors (Lipinski definition) is 3. The van der Waals surface area contributed by atoms with Crippen molar-refractivity contribution < 1.29 is 4.92 Å². The lowest BCUT2D eigenvalue weighted by Gasteiger charge is -2.20. The molecule has 1 aliphatic rings. The molecule has 20 heavy (non-hydrogen) atoms. The van der Waals surface area contributed by atoms with Gasteiger partial charge in [0.05, 0.1) is 16.4 Å². The van der Waals surface area contributed by atoms with Crippen molar-refractivity contribution in [3.05, 3.63) is 39.9 Å². The fourth-order valence-electron chi connectivity index (χ4n) is 3.24. The molecule has 0 bridgehead atoms. The molecule has 2 unspecified atom stereocenters. The lowest BCUT2D eigenvalue weighted by atomic mass is 9.81. The average molecular weight is 272 g/mol. The zero-order valence-electron chi connectivity index (χ0n) is 11.8. The van der Waals surface area contributed by atoms with Gasteiger partial charge in [0.25, 0.3) is 5.69 Å². The van der Waals surface area contributed by atoms with Crippen LogP contribution in [0.4, 0.5) is 5.69 Å². The Morgan fingerprint density at radius 1 is 1.50 bits per heavy atom. The summed E-state index contributed by atoms with van der Waals surface area (Å²) in [5.74, 6) is 0.639. The molecule has 2 atom stereocenters. The highest BCUT2D eigenvalue weighted by Gasteiger charge is 2.38. The molecule has 0 N–H and O–H groups in total. The van der Waals surface area contributed by atoms with Gasteiger partial charge in [-0.15, -0.1) is 0 Å². The van der Waals surface area contributed by atoms with Crippen LogP contribution in [0.25, 0.3) is 0 Å². The van der Waals surface area contributed by atoms with Gasteiger partial charge in [0, 0.05) is 11.6 Å². The minimum Gasteiger partial charge on any atom is -0.258 e. The highest BCUT2D eigenvalue weighted by Crippen LogP contribution is 2.46. The van der Waals surface area contributed by atoms with E-state index in [0.717, 1.165) is 37.7 Å². The number of nitro groups is 1. The van der Waals surface area contributed by atoms with Gasteiger partial charge in [-0.05, 0) is 38.0 Å². The highest BCUT2D eigenvalue weighted by atomic mass is 16.6. The van der Waals surface area contributed by atoms with Gasteiger partial charge in [-0.3, -0.25) is 10.1 Å². The first kappa shape index (κ1) is 14.5. The fraction of sp³-hybridized carbons (Fsp3) is 0.562. The van der Waals surface area contributed by atoms with Crippen LogP contribution >= 0.6 is 0 Å². The number of benzene rings is 1. The van der Waals surface area contributed by atoms with Crippen molar-refractivity contribution in [1.82, 2.24) is 0 Å². The Morgan fingerprint density at radius 2 is 2.25 bits per heavy atom. The Bertz CT molecular complexity index is 536. The van der Waals surface area contributed by atoms with E-state index in [1.165, 1.54) is 6.07 Å². The third-order valence-electron chi connectivity index (χ3n) is 4.59. The summed E-state index contributed by atoms with van der Waals surface area (Å²) in [6, 6.07) is 9.34. The van der Waals surface area contributed by atoms with Crippen molar-refractivity contribution >= 4 is 5.69 Å². The van der Waals surface area contributed by atoms with Crippen molar-refractivity contribution in [3.63, 3.8) is 0 Å². The molecule has 0 aliphatic heterocycles. The fourth-order valence-corrected chi connectivity index (χ4v) is 3.24. The molecule has 4 heteroatoms. The maximum Gasteiger partial charge on any atom is 0.272 e. The van der Waals surface area contributed by atoms with E-state index in [1.807, 2.05) is 6.07 Å². The predicted octanol–water partition coefficient (Wildman–Crippen LogP) is 4.25. The van der Waals surface area contributed by atoms with Crippen LogP contribution in [0, 0.1) is 32.8 Å². The van der Waals surface area contributed by atoms with Crippen LogP contribution in [-0.2, 0) is 6.42 Å². The summed E-state index contributed by atoms with van der Waals surface area (Å²) in [5.41, 5.74) is 0.641. The van der Waals surface area contributed by atoms with Crippen molar-refractivity contribution in [3.8, 4) is 6.07 Å².